The number of hydrogen-bond donors (Lipinski definition) is 2. The molecule has 0 spiro atoms. The number of likely N-dealkylation sites (tertiary alicyclic amines) is 2. The van der Waals surface area contributed by atoms with Gasteiger partial charge in [0.05, 0.1) is 13.1 Å². The zero-order valence-electron chi connectivity index (χ0n) is 14.7. The number of rotatable bonds is 6. The summed E-state index contributed by atoms with van der Waals surface area (Å²) in [6.07, 6.45) is -1.03. The molecule has 2 heterocycles. The van der Waals surface area contributed by atoms with E-state index in [0.717, 1.165) is 32.1 Å². The average molecular weight is 349 g/mol. The van der Waals surface area contributed by atoms with Crippen LogP contribution in [0.4, 0.5) is 13.2 Å². The monoisotopic (exact) mass is 349 g/mol. The third-order valence-corrected chi connectivity index (χ3v) is 4.73. The summed E-state index contributed by atoms with van der Waals surface area (Å²) in [4.78, 5) is 8.56. The molecule has 2 unspecified atom stereocenters. The molecule has 0 aromatic rings. The predicted molar refractivity (Wildman–Crippen MR) is 90.3 cm³/mol. The Balaban J connectivity index is 1.83. The molecule has 0 bridgehead atoms. The van der Waals surface area contributed by atoms with Crippen LogP contribution in [0.1, 0.15) is 33.1 Å². The van der Waals surface area contributed by atoms with E-state index < -0.39 is 12.7 Å². The molecule has 0 aromatic carbocycles. The summed E-state index contributed by atoms with van der Waals surface area (Å²) in [5.41, 5.74) is 0. The molecule has 0 saturated carbocycles. The van der Waals surface area contributed by atoms with E-state index in [1.54, 1.807) is 0 Å². The van der Waals surface area contributed by atoms with Gasteiger partial charge in [-0.25, -0.2) is 0 Å². The summed E-state index contributed by atoms with van der Waals surface area (Å²) < 4.78 is 37.4. The topological polar surface area (TPSA) is 42.9 Å². The first-order valence-electron chi connectivity index (χ1n) is 8.99. The van der Waals surface area contributed by atoms with E-state index in [-0.39, 0.29) is 6.04 Å². The third-order valence-electron chi connectivity index (χ3n) is 4.73. The highest BCUT2D eigenvalue weighted by atomic mass is 19.4. The normalized spacial score (nSPS) is 27.0. The van der Waals surface area contributed by atoms with Gasteiger partial charge in [0.1, 0.15) is 0 Å². The number of likely N-dealkylation sites (N-methyl/N-ethyl adjacent to an activating group) is 1. The highest BCUT2D eigenvalue weighted by Gasteiger charge is 2.34. The molecule has 2 aliphatic rings. The Labute approximate surface area is 142 Å². The van der Waals surface area contributed by atoms with Crippen LogP contribution in [0.5, 0.6) is 0 Å². The van der Waals surface area contributed by atoms with Gasteiger partial charge in [0.2, 0.25) is 0 Å². The molecule has 2 N–H and O–H groups in total. The molecule has 0 aliphatic carbocycles. The van der Waals surface area contributed by atoms with Crippen molar-refractivity contribution in [2.45, 2.75) is 51.4 Å². The summed E-state index contributed by atoms with van der Waals surface area (Å²) in [5, 5.41) is 6.51. The SMILES string of the molecule is CCNC(=NCC1CCCN1CC)NC1CCN(CC(F)(F)F)C1. The van der Waals surface area contributed by atoms with E-state index in [9.17, 15) is 13.2 Å². The quantitative estimate of drug-likeness (QED) is 0.565. The van der Waals surface area contributed by atoms with Crippen molar-refractivity contribution in [1.29, 1.82) is 0 Å². The Morgan fingerprint density at radius 3 is 2.67 bits per heavy atom. The van der Waals surface area contributed by atoms with Gasteiger partial charge >= 0.3 is 6.18 Å². The molecular weight excluding hydrogens is 319 g/mol. The Morgan fingerprint density at radius 2 is 2.00 bits per heavy atom. The average Bonchev–Trinajstić information content (AvgIpc) is 3.12. The van der Waals surface area contributed by atoms with Crippen LogP contribution in [0.2, 0.25) is 0 Å². The second kappa shape index (κ2) is 8.89. The summed E-state index contributed by atoms with van der Waals surface area (Å²) >= 11 is 0. The smallest absolute Gasteiger partial charge is 0.357 e. The van der Waals surface area contributed by atoms with Crippen molar-refractivity contribution < 1.29 is 13.2 Å². The molecule has 8 heteroatoms. The molecule has 0 amide bonds. The van der Waals surface area contributed by atoms with E-state index >= 15 is 0 Å². The van der Waals surface area contributed by atoms with Crippen molar-refractivity contribution in [3.8, 4) is 0 Å². The van der Waals surface area contributed by atoms with Crippen molar-refractivity contribution in [3.63, 3.8) is 0 Å². The lowest BCUT2D eigenvalue weighted by molar-refractivity contribution is -0.143. The van der Waals surface area contributed by atoms with E-state index in [2.05, 4.69) is 27.4 Å². The molecule has 2 atom stereocenters. The number of aliphatic imine (C=N–C) groups is 1. The summed E-state index contributed by atoms with van der Waals surface area (Å²) in [6.45, 7) is 7.88. The highest BCUT2D eigenvalue weighted by molar-refractivity contribution is 5.80. The van der Waals surface area contributed by atoms with Crippen LogP contribution in [0.15, 0.2) is 4.99 Å². The van der Waals surface area contributed by atoms with Crippen LogP contribution in [-0.2, 0) is 0 Å². The summed E-state index contributed by atoms with van der Waals surface area (Å²) in [5.74, 6) is 0.722. The van der Waals surface area contributed by atoms with E-state index in [1.165, 1.54) is 17.7 Å². The van der Waals surface area contributed by atoms with Crippen LogP contribution in [0.3, 0.4) is 0 Å². The first-order valence-corrected chi connectivity index (χ1v) is 8.99. The maximum atomic E-state index is 12.5. The maximum absolute atomic E-state index is 12.5. The van der Waals surface area contributed by atoms with Gasteiger partial charge in [-0.15, -0.1) is 0 Å². The Bertz CT molecular complexity index is 413. The van der Waals surface area contributed by atoms with Gasteiger partial charge in [-0.05, 0) is 39.3 Å². The van der Waals surface area contributed by atoms with Crippen molar-refractivity contribution in [2.24, 2.45) is 4.99 Å². The van der Waals surface area contributed by atoms with E-state index in [0.29, 0.717) is 25.6 Å². The molecule has 0 radical (unpaired) electrons. The van der Waals surface area contributed by atoms with Gasteiger partial charge in [0.15, 0.2) is 5.96 Å². The predicted octanol–water partition coefficient (Wildman–Crippen LogP) is 1.66. The Hall–Kier alpha value is -1.02. The Kier molecular flexibility index (Phi) is 7.16. The van der Waals surface area contributed by atoms with Crippen LogP contribution >= 0.6 is 0 Å². The number of guanidine groups is 1. The van der Waals surface area contributed by atoms with Crippen molar-refractivity contribution >= 4 is 5.96 Å². The molecule has 0 aromatic heterocycles. The van der Waals surface area contributed by atoms with Crippen LogP contribution in [0, 0.1) is 0 Å². The van der Waals surface area contributed by atoms with E-state index in [1.807, 2.05) is 6.92 Å². The number of alkyl halides is 3. The standard InChI is InChI=1S/C16H30F3N5/c1-3-20-15(21-10-14-6-5-8-24(14)4-2)22-13-7-9-23(11-13)12-16(17,18)19/h13-14H,3-12H2,1-2H3,(H2,20,21,22). The lowest BCUT2D eigenvalue weighted by Crippen LogP contribution is -2.45. The highest BCUT2D eigenvalue weighted by Crippen LogP contribution is 2.20. The van der Waals surface area contributed by atoms with Crippen LogP contribution < -0.4 is 10.6 Å². The fourth-order valence-electron chi connectivity index (χ4n) is 3.58. The van der Waals surface area contributed by atoms with Gasteiger partial charge in [0, 0.05) is 31.7 Å². The minimum atomic E-state index is -4.13. The molecule has 2 rings (SSSR count). The molecule has 2 fully saturated rings. The van der Waals surface area contributed by atoms with Gasteiger partial charge in [0.25, 0.3) is 0 Å². The zero-order valence-corrected chi connectivity index (χ0v) is 14.7. The van der Waals surface area contributed by atoms with Crippen molar-refractivity contribution in [3.05, 3.63) is 0 Å². The van der Waals surface area contributed by atoms with Gasteiger partial charge in [-0.3, -0.25) is 14.8 Å². The summed E-state index contributed by atoms with van der Waals surface area (Å²) in [7, 11) is 0. The first kappa shape index (κ1) is 19.3. The van der Waals surface area contributed by atoms with Crippen LogP contribution in [-0.4, -0.2) is 79.8 Å². The molecular formula is C16H30F3N5. The lowest BCUT2D eigenvalue weighted by atomic mass is 10.2. The number of nitrogens with one attached hydrogen (secondary N) is 2. The van der Waals surface area contributed by atoms with Crippen molar-refractivity contribution in [2.75, 3.05) is 45.8 Å². The molecule has 2 aliphatic heterocycles. The maximum Gasteiger partial charge on any atom is 0.401 e. The minimum absolute atomic E-state index is 0.0241. The first-order chi connectivity index (χ1) is 11.4. The number of halogens is 3. The summed E-state index contributed by atoms with van der Waals surface area (Å²) in [6, 6.07) is 0.506. The third kappa shape index (κ3) is 6.12. The zero-order chi connectivity index (χ0) is 17.6. The number of hydrogen-bond acceptors (Lipinski definition) is 3. The molecule has 24 heavy (non-hydrogen) atoms. The fraction of sp³-hybridized carbons (Fsp3) is 0.938. The molecule has 140 valence electrons. The van der Waals surface area contributed by atoms with Crippen LogP contribution in [0.25, 0.3) is 0 Å². The second-order valence-corrected chi connectivity index (χ2v) is 6.62. The molecule has 5 nitrogen and oxygen atoms in total. The number of nitrogens with zero attached hydrogens (tertiary/aromatic N) is 3. The van der Waals surface area contributed by atoms with Gasteiger partial charge in [-0.2, -0.15) is 13.2 Å². The second-order valence-electron chi connectivity index (χ2n) is 6.62. The van der Waals surface area contributed by atoms with Crippen molar-refractivity contribution in [1.82, 2.24) is 20.4 Å². The largest absolute Gasteiger partial charge is 0.401 e. The van der Waals surface area contributed by atoms with Gasteiger partial charge in [-0.1, -0.05) is 6.92 Å². The Morgan fingerprint density at radius 1 is 1.21 bits per heavy atom. The van der Waals surface area contributed by atoms with E-state index in [4.69, 9.17) is 0 Å². The molecule has 2 saturated heterocycles. The minimum Gasteiger partial charge on any atom is -0.357 e. The lowest BCUT2D eigenvalue weighted by Gasteiger charge is -2.22. The van der Waals surface area contributed by atoms with Gasteiger partial charge < -0.3 is 10.6 Å². The fourth-order valence-corrected chi connectivity index (χ4v) is 3.58.